The molecule has 1 aromatic heterocycles. The van der Waals surface area contributed by atoms with Crippen molar-refractivity contribution < 1.29 is 19.1 Å². The lowest BCUT2D eigenvalue weighted by molar-refractivity contribution is -0.133. The minimum absolute atomic E-state index is 0.392. The molecule has 2 aromatic rings. The van der Waals surface area contributed by atoms with E-state index in [9.17, 15) is 9.59 Å². The van der Waals surface area contributed by atoms with Gasteiger partial charge in [0.2, 0.25) is 0 Å². The molecule has 0 aliphatic carbocycles. The Morgan fingerprint density at radius 1 is 1.05 bits per heavy atom. The van der Waals surface area contributed by atoms with E-state index in [1.807, 2.05) is 16.8 Å². The molecule has 0 spiro atoms. The van der Waals surface area contributed by atoms with Gasteiger partial charge in [0.15, 0.2) is 0 Å². The summed E-state index contributed by atoms with van der Waals surface area (Å²) in [6, 6.07) is 6.80. The van der Waals surface area contributed by atoms with E-state index in [2.05, 4.69) is 0 Å². The van der Waals surface area contributed by atoms with Crippen molar-refractivity contribution in [3.05, 3.63) is 35.0 Å². The van der Waals surface area contributed by atoms with Crippen LogP contribution in [0.3, 0.4) is 0 Å². The quantitative estimate of drug-likeness (QED) is 0.637. The van der Waals surface area contributed by atoms with Gasteiger partial charge in [-0.25, -0.2) is 0 Å². The van der Waals surface area contributed by atoms with Crippen molar-refractivity contribution in [2.45, 2.75) is 13.8 Å². The summed E-state index contributed by atoms with van der Waals surface area (Å²) < 4.78 is 10.2. The zero-order valence-electron chi connectivity index (χ0n) is 10.5. The predicted octanol–water partition coefficient (Wildman–Crippen LogP) is 3.27. The molecule has 0 aliphatic rings. The molecule has 0 fully saturated rings. The second kappa shape index (κ2) is 5.67. The van der Waals surface area contributed by atoms with E-state index < -0.39 is 11.9 Å². The van der Waals surface area contributed by atoms with Crippen molar-refractivity contribution in [3.8, 4) is 22.6 Å². The first-order chi connectivity index (χ1) is 9.06. The molecule has 4 nitrogen and oxygen atoms in total. The van der Waals surface area contributed by atoms with Gasteiger partial charge in [-0.3, -0.25) is 9.59 Å². The Bertz CT molecular complexity index is 602. The zero-order valence-corrected chi connectivity index (χ0v) is 11.3. The molecule has 0 saturated heterocycles. The monoisotopic (exact) mass is 276 g/mol. The third-order valence-electron chi connectivity index (χ3n) is 2.30. The van der Waals surface area contributed by atoms with Crippen LogP contribution in [0.4, 0.5) is 0 Å². The third kappa shape index (κ3) is 3.42. The van der Waals surface area contributed by atoms with E-state index >= 15 is 0 Å². The molecule has 0 unspecified atom stereocenters. The van der Waals surface area contributed by atoms with Gasteiger partial charge in [0.1, 0.15) is 11.5 Å². The van der Waals surface area contributed by atoms with Crippen molar-refractivity contribution in [3.63, 3.8) is 0 Å². The molecule has 2 rings (SSSR count). The molecule has 0 saturated carbocycles. The maximum atomic E-state index is 11.1. The van der Waals surface area contributed by atoms with Gasteiger partial charge < -0.3 is 9.47 Å². The highest BCUT2D eigenvalue weighted by Gasteiger charge is 2.11. The number of rotatable bonds is 3. The highest BCUT2D eigenvalue weighted by atomic mass is 32.1. The van der Waals surface area contributed by atoms with Gasteiger partial charge in [0, 0.05) is 19.4 Å². The summed E-state index contributed by atoms with van der Waals surface area (Å²) in [7, 11) is 0. The first kappa shape index (κ1) is 13.3. The summed E-state index contributed by atoms with van der Waals surface area (Å²) in [5.74, 6) is 0.0830. The highest BCUT2D eigenvalue weighted by molar-refractivity contribution is 7.08. The SMILES string of the molecule is CC(=O)Oc1ccc(OC(C)=O)c(-c2ccsc2)c1. The minimum Gasteiger partial charge on any atom is -0.427 e. The molecule has 0 N–H and O–H groups in total. The van der Waals surface area contributed by atoms with E-state index in [1.165, 1.54) is 25.2 Å². The average Bonchev–Trinajstić information content (AvgIpc) is 2.83. The van der Waals surface area contributed by atoms with Gasteiger partial charge >= 0.3 is 11.9 Å². The normalized spacial score (nSPS) is 10.0. The number of benzene rings is 1. The van der Waals surface area contributed by atoms with Gasteiger partial charge in [0.05, 0.1) is 0 Å². The number of hydrogen-bond donors (Lipinski definition) is 0. The summed E-state index contributed by atoms with van der Waals surface area (Å²) in [5, 5.41) is 3.85. The predicted molar refractivity (Wildman–Crippen MR) is 72.4 cm³/mol. The fourth-order valence-corrected chi connectivity index (χ4v) is 2.28. The fourth-order valence-electron chi connectivity index (χ4n) is 1.63. The number of hydrogen-bond acceptors (Lipinski definition) is 5. The molecule has 0 amide bonds. The lowest BCUT2D eigenvalue weighted by atomic mass is 10.1. The number of carbonyl (C=O) groups excluding carboxylic acids is 2. The fraction of sp³-hybridized carbons (Fsp3) is 0.143. The van der Waals surface area contributed by atoms with Crippen LogP contribution in [0.15, 0.2) is 35.0 Å². The lowest BCUT2D eigenvalue weighted by Gasteiger charge is -2.10. The van der Waals surface area contributed by atoms with Crippen molar-refractivity contribution in [2.75, 3.05) is 0 Å². The molecule has 1 aromatic carbocycles. The minimum atomic E-state index is -0.392. The maximum absolute atomic E-state index is 11.1. The van der Waals surface area contributed by atoms with Crippen LogP contribution in [0, 0.1) is 0 Å². The van der Waals surface area contributed by atoms with Gasteiger partial charge in [-0.2, -0.15) is 11.3 Å². The third-order valence-corrected chi connectivity index (χ3v) is 2.98. The molecular formula is C14H12O4S. The molecular weight excluding hydrogens is 264 g/mol. The van der Waals surface area contributed by atoms with E-state index in [-0.39, 0.29) is 0 Å². The Morgan fingerprint density at radius 3 is 2.37 bits per heavy atom. The van der Waals surface area contributed by atoms with Gasteiger partial charge in [-0.1, -0.05) is 0 Å². The maximum Gasteiger partial charge on any atom is 0.308 e. The zero-order chi connectivity index (χ0) is 13.8. The van der Waals surface area contributed by atoms with E-state index in [1.54, 1.807) is 18.2 Å². The Kier molecular flexibility index (Phi) is 3.97. The summed E-state index contributed by atoms with van der Waals surface area (Å²) in [4.78, 5) is 22.1. The van der Waals surface area contributed by atoms with Gasteiger partial charge in [0.25, 0.3) is 0 Å². The number of esters is 2. The molecule has 0 atom stereocenters. The van der Waals surface area contributed by atoms with E-state index in [4.69, 9.17) is 9.47 Å². The Morgan fingerprint density at radius 2 is 1.79 bits per heavy atom. The van der Waals surface area contributed by atoms with E-state index in [0.717, 1.165) is 11.1 Å². The van der Waals surface area contributed by atoms with E-state index in [0.29, 0.717) is 11.5 Å². The van der Waals surface area contributed by atoms with Crippen LogP contribution in [0.1, 0.15) is 13.8 Å². The second-order valence-corrected chi connectivity index (χ2v) is 4.64. The first-order valence-corrected chi connectivity index (χ1v) is 6.54. The molecule has 5 heteroatoms. The highest BCUT2D eigenvalue weighted by Crippen LogP contribution is 2.34. The second-order valence-electron chi connectivity index (χ2n) is 3.86. The molecule has 0 aliphatic heterocycles. The molecule has 19 heavy (non-hydrogen) atoms. The van der Waals surface area contributed by atoms with Crippen molar-refractivity contribution >= 4 is 23.3 Å². The molecule has 1 heterocycles. The van der Waals surface area contributed by atoms with Crippen LogP contribution < -0.4 is 9.47 Å². The van der Waals surface area contributed by atoms with Gasteiger partial charge in [-0.15, -0.1) is 0 Å². The lowest BCUT2D eigenvalue weighted by Crippen LogP contribution is -2.04. The van der Waals surface area contributed by atoms with Crippen LogP contribution in [0.25, 0.3) is 11.1 Å². The molecule has 98 valence electrons. The summed E-state index contributed by atoms with van der Waals surface area (Å²) in [6.07, 6.45) is 0. The molecule has 0 radical (unpaired) electrons. The van der Waals surface area contributed by atoms with Crippen LogP contribution in [0.2, 0.25) is 0 Å². The summed E-state index contributed by atoms with van der Waals surface area (Å²) >= 11 is 1.53. The van der Waals surface area contributed by atoms with Crippen molar-refractivity contribution in [1.29, 1.82) is 0 Å². The topological polar surface area (TPSA) is 52.6 Å². The summed E-state index contributed by atoms with van der Waals surface area (Å²) in [6.45, 7) is 2.68. The standard InChI is InChI=1S/C14H12O4S/c1-9(15)17-12-3-4-14(18-10(2)16)13(7-12)11-5-6-19-8-11/h3-8H,1-2H3. The number of carbonyl (C=O) groups is 2. The van der Waals surface area contributed by atoms with Crippen molar-refractivity contribution in [2.24, 2.45) is 0 Å². The molecule has 0 bridgehead atoms. The Labute approximate surface area is 114 Å². The van der Waals surface area contributed by atoms with Crippen LogP contribution in [0.5, 0.6) is 11.5 Å². The first-order valence-electron chi connectivity index (χ1n) is 5.59. The van der Waals surface area contributed by atoms with Crippen LogP contribution in [-0.4, -0.2) is 11.9 Å². The number of thiophene rings is 1. The number of ether oxygens (including phenoxy) is 2. The Balaban J connectivity index is 2.44. The smallest absolute Gasteiger partial charge is 0.308 e. The largest absolute Gasteiger partial charge is 0.427 e. The van der Waals surface area contributed by atoms with Gasteiger partial charge in [-0.05, 0) is 40.6 Å². The van der Waals surface area contributed by atoms with Crippen LogP contribution in [-0.2, 0) is 9.59 Å². The Hall–Kier alpha value is -2.14. The van der Waals surface area contributed by atoms with Crippen LogP contribution >= 0.6 is 11.3 Å². The van der Waals surface area contributed by atoms with Crippen molar-refractivity contribution in [1.82, 2.24) is 0 Å². The average molecular weight is 276 g/mol. The summed E-state index contributed by atoms with van der Waals surface area (Å²) in [5.41, 5.74) is 1.63.